The summed E-state index contributed by atoms with van der Waals surface area (Å²) in [6.45, 7) is 2.54. The summed E-state index contributed by atoms with van der Waals surface area (Å²) in [5.74, 6) is -0.458. The first-order valence-corrected chi connectivity index (χ1v) is 9.23. The maximum absolute atomic E-state index is 12.7. The van der Waals surface area contributed by atoms with Crippen LogP contribution >= 0.6 is 0 Å². The Morgan fingerprint density at radius 1 is 1.14 bits per heavy atom. The second-order valence-electron chi connectivity index (χ2n) is 6.39. The van der Waals surface area contributed by atoms with Gasteiger partial charge >= 0.3 is 0 Å². The third kappa shape index (κ3) is 4.25. The van der Waals surface area contributed by atoms with Crippen LogP contribution in [0, 0.1) is 0 Å². The number of hydrazone groups is 1. The lowest BCUT2D eigenvalue weighted by molar-refractivity contribution is 0.0949. The molecule has 0 aliphatic carbocycles. The number of aromatic nitrogens is 2. The Bertz CT molecular complexity index is 1070. The van der Waals surface area contributed by atoms with Gasteiger partial charge in [0.05, 0.1) is 11.6 Å². The van der Waals surface area contributed by atoms with Crippen molar-refractivity contribution in [1.29, 1.82) is 0 Å². The fourth-order valence-corrected chi connectivity index (χ4v) is 2.88. The molecule has 0 bridgehead atoms. The number of carbonyl (C=O) groups is 1. The molecule has 3 rings (SSSR count). The zero-order valence-electron chi connectivity index (χ0n) is 15.6. The summed E-state index contributed by atoms with van der Waals surface area (Å²) >= 11 is 0. The fraction of sp³-hybridized carbons (Fsp3) is 0.238. The van der Waals surface area contributed by atoms with Gasteiger partial charge in [-0.25, -0.2) is 10.1 Å². The van der Waals surface area contributed by atoms with Crippen LogP contribution in [-0.2, 0) is 6.54 Å². The lowest BCUT2D eigenvalue weighted by Crippen LogP contribution is -2.29. The van der Waals surface area contributed by atoms with E-state index < -0.39 is 5.91 Å². The molecule has 0 atom stereocenters. The molecule has 0 saturated heterocycles. The summed E-state index contributed by atoms with van der Waals surface area (Å²) < 4.78 is 1.35. The molecule has 144 valence electrons. The predicted molar refractivity (Wildman–Crippen MR) is 109 cm³/mol. The number of phenols is 1. The van der Waals surface area contributed by atoms with Gasteiger partial charge in [0.15, 0.2) is 5.69 Å². The lowest BCUT2D eigenvalue weighted by Gasteiger charge is -2.10. The van der Waals surface area contributed by atoms with Gasteiger partial charge in [-0.05, 0) is 24.6 Å². The molecule has 7 nitrogen and oxygen atoms in total. The smallest absolute Gasteiger partial charge is 0.292 e. The van der Waals surface area contributed by atoms with Crippen molar-refractivity contribution in [1.82, 2.24) is 15.2 Å². The Labute approximate surface area is 162 Å². The Kier molecular flexibility index (Phi) is 6.16. The van der Waals surface area contributed by atoms with E-state index in [1.165, 1.54) is 17.0 Å². The predicted octanol–water partition coefficient (Wildman–Crippen LogP) is 3.06. The van der Waals surface area contributed by atoms with E-state index in [0.29, 0.717) is 22.9 Å². The molecule has 2 aromatic carbocycles. The molecule has 0 aliphatic rings. The van der Waals surface area contributed by atoms with E-state index in [9.17, 15) is 14.7 Å². The first kappa shape index (κ1) is 19.3. The number of benzene rings is 2. The summed E-state index contributed by atoms with van der Waals surface area (Å²) in [6.07, 6.45) is 4.17. The number of rotatable bonds is 7. The van der Waals surface area contributed by atoms with E-state index in [-0.39, 0.29) is 17.0 Å². The Balaban J connectivity index is 1.90. The quantitative estimate of drug-likeness (QED) is 0.375. The maximum atomic E-state index is 12.7. The van der Waals surface area contributed by atoms with Crippen LogP contribution in [0.3, 0.4) is 0 Å². The SMILES string of the molecule is CCCCCn1nc(C(=O)N/N=C/c2ccccc2O)c2ccccc2c1=O. The van der Waals surface area contributed by atoms with Gasteiger partial charge in [-0.1, -0.05) is 50.1 Å². The fourth-order valence-electron chi connectivity index (χ4n) is 2.88. The number of carbonyl (C=O) groups excluding carboxylic acids is 1. The highest BCUT2D eigenvalue weighted by molar-refractivity contribution is 6.05. The molecule has 0 spiro atoms. The number of aryl methyl sites for hydroxylation is 1. The third-order valence-electron chi connectivity index (χ3n) is 4.36. The molecule has 2 N–H and O–H groups in total. The molecule has 0 aliphatic heterocycles. The summed E-state index contributed by atoms with van der Waals surface area (Å²) in [7, 11) is 0. The van der Waals surface area contributed by atoms with E-state index in [1.807, 2.05) is 0 Å². The van der Waals surface area contributed by atoms with Gasteiger partial charge < -0.3 is 5.11 Å². The number of fused-ring (bicyclic) bond motifs is 1. The van der Waals surface area contributed by atoms with Gasteiger partial charge in [0.2, 0.25) is 0 Å². The number of phenolic OH excluding ortho intramolecular Hbond substituents is 1. The number of nitrogens with zero attached hydrogens (tertiary/aromatic N) is 3. The van der Waals surface area contributed by atoms with Gasteiger partial charge in [-0.3, -0.25) is 9.59 Å². The van der Waals surface area contributed by atoms with Crippen molar-refractivity contribution in [3.63, 3.8) is 0 Å². The molecule has 0 saturated carbocycles. The number of hydrogen-bond acceptors (Lipinski definition) is 5. The molecule has 3 aromatic rings. The van der Waals surface area contributed by atoms with Crippen LogP contribution < -0.4 is 11.0 Å². The molecular formula is C21H22N4O3. The van der Waals surface area contributed by atoms with E-state index in [4.69, 9.17) is 0 Å². The number of nitrogens with one attached hydrogen (secondary N) is 1. The van der Waals surface area contributed by atoms with Crippen LogP contribution in [0.4, 0.5) is 0 Å². The van der Waals surface area contributed by atoms with Crippen LogP contribution in [0.25, 0.3) is 10.8 Å². The average Bonchev–Trinajstić information content (AvgIpc) is 2.71. The van der Waals surface area contributed by atoms with Crippen LogP contribution in [0.5, 0.6) is 5.75 Å². The van der Waals surface area contributed by atoms with Crippen molar-refractivity contribution in [2.24, 2.45) is 5.10 Å². The van der Waals surface area contributed by atoms with Gasteiger partial charge in [-0.15, -0.1) is 0 Å². The normalized spacial score (nSPS) is 11.2. The second-order valence-corrected chi connectivity index (χ2v) is 6.39. The van der Waals surface area contributed by atoms with Crippen LogP contribution in [0.1, 0.15) is 42.2 Å². The lowest BCUT2D eigenvalue weighted by atomic mass is 10.1. The zero-order chi connectivity index (χ0) is 19.9. The number of para-hydroxylation sites is 1. The van der Waals surface area contributed by atoms with Crippen molar-refractivity contribution >= 4 is 22.9 Å². The zero-order valence-corrected chi connectivity index (χ0v) is 15.6. The monoisotopic (exact) mass is 378 g/mol. The minimum absolute atomic E-state index is 0.0635. The molecule has 28 heavy (non-hydrogen) atoms. The number of unbranched alkanes of at least 4 members (excludes halogenated alkanes) is 2. The summed E-state index contributed by atoms with van der Waals surface area (Å²) in [5, 5.41) is 18.9. The van der Waals surface area contributed by atoms with Gasteiger partial charge in [0.1, 0.15) is 5.75 Å². The molecule has 1 heterocycles. The topological polar surface area (TPSA) is 96.6 Å². The Morgan fingerprint density at radius 2 is 1.86 bits per heavy atom. The minimum atomic E-state index is -0.521. The molecule has 0 unspecified atom stereocenters. The third-order valence-corrected chi connectivity index (χ3v) is 4.36. The summed E-state index contributed by atoms with van der Waals surface area (Å²) in [6, 6.07) is 13.6. The highest BCUT2D eigenvalue weighted by Gasteiger charge is 2.16. The van der Waals surface area contributed by atoms with E-state index >= 15 is 0 Å². The van der Waals surface area contributed by atoms with Gasteiger partial charge in [0.25, 0.3) is 11.5 Å². The Morgan fingerprint density at radius 3 is 2.61 bits per heavy atom. The van der Waals surface area contributed by atoms with Crippen molar-refractivity contribution in [2.75, 3.05) is 0 Å². The van der Waals surface area contributed by atoms with Crippen molar-refractivity contribution in [2.45, 2.75) is 32.7 Å². The van der Waals surface area contributed by atoms with Gasteiger partial charge in [0, 0.05) is 17.5 Å². The van der Waals surface area contributed by atoms with Crippen LogP contribution in [-0.4, -0.2) is 27.0 Å². The van der Waals surface area contributed by atoms with E-state index in [0.717, 1.165) is 19.3 Å². The molecule has 0 fully saturated rings. The van der Waals surface area contributed by atoms with Crippen molar-refractivity contribution < 1.29 is 9.90 Å². The van der Waals surface area contributed by atoms with E-state index in [2.05, 4.69) is 22.5 Å². The minimum Gasteiger partial charge on any atom is -0.507 e. The first-order chi connectivity index (χ1) is 13.6. The molecular weight excluding hydrogens is 356 g/mol. The standard InChI is InChI=1S/C21H22N4O3/c1-2-3-8-13-25-21(28)17-11-6-5-10-16(17)19(24-25)20(27)23-22-14-15-9-4-7-12-18(15)26/h4-7,9-12,14,26H,2-3,8,13H2,1H3,(H,23,27)/b22-14+. The largest absolute Gasteiger partial charge is 0.507 e. The molecule has 7 heteroatoms. The summed E-state index contributed by atoms with van der Waals surface area (Å²) in [4.78, 5) is 25.3. The second kappa shape index (κ2) is 8.94. The Hall–Kier alpha value is -3.48. The molecule has 1 aromatic heterocycles. The van der Waals surface area contributed by atoms with Crippen LogP contribution in [0.2, 0.25) is 0 Å². The van der Waals surface area contributed by atoms with Gasteiger partial charge in [-0.2, -0.15) is 10.2 Å². The highest BCUT2D eigenvalue weighted by atomic mass is 16.3. The summed E-state index contributed by atoms with van der Waals surface area (Å²) in [5.41, 5.74) is 2.83. The van der Waals surface area contributed by atoms with Crippen molar-refractivity contribution in [3.8, 4) is 5.75 Å². The maximum Gasteiger partial charge on any atom is 0.292 e. The van der Waals surface area contributed by atoms with E-state index in [1.54, 1.807) is 42.5 Å². The van der Waals surface area contributed by atoms with Crippen LogP contribution in [0.15, 0.2) is 58.4 Å². The molecule has 0 radical (unpaired) electrons. The highest BCUT2D eigenvalue weighted by Crippen LogP contribution is 2.14. The average molecular weight is 378 g/mol. The first-order valence-electron chi connectivity index (χ1n) is 9.23. The number of amides is 1. The molecule has 1 amide bonds. The number of hydrogen-bond donors (Lipinski definition) is 2. The number of aromatic hydroxyl groups is 1. The van der Waals surface area contributed by atoms with Crippen molar-refractivity contribution in [3.05, 3.63) is 70.1 Å².